The maximum Gasteiger partial charge on any atom is 0.325 e. The molecule has 1 aliphatic heterocycles. The summed E-state index contributed by atoms with van der Waals surface area (Å²) in [5.74, 6) is -0.121. The van der Waals surface area contributed by atoms with E-state index in [9.17, 15) is 9.59 Å². The lowest BCUT2D eigenvalue weighted by atomic mass is 10.1. The van der Waals surface area contributed by atoms with Gasteiger partial charge >= 0.3 is 5.97 Å². The number of methoxy groups -OCH3 is 2. The second-order valence-corrected chi connectivity index (χ2v) is 6.59. The number of nitrogens with zero attached hydrogens (tertiary/aromatic N) is 2. The van der Waals surface area contributed by atoms with E-state index in [0.29, 0.717) is 17.1 Å². The third-order valence-corrected chi connectivity index (χ3v) is 4.76. The zero-order valence-corrected chi connectivity index (χ0v) is 16.7. The van der Waals surface area contributed by atoms with Crippen LogP contribution in [0.4, 0.5) is 5.69 Å². The van der Waals surface area contributed by atoms with Crippen molar-refractivity contribution < 1.29 is 19.1 Å². The van der Waals surface area contributed by atoms with Gasteiger partial charge in [0.25, 0.3) is 5.91 Å². The molecule has 7 heteroatoms. The van der Waals surface area contributed by atoms with E-state index in [1.165, 1.54) is 16.9 Å². The topological polar surface area (TPSA) is 59.1 Å². The molecule has 0 aliphatic carbocycles. The predicted molar refractivity (Wildman–Crippen MR) is 111 cm³/mol. The Morgan fingerprint density at radius 3 is 2.29 bits per heavy atom. The lowest BCUT2D eigenvalue weighted by molar-refractivity contribution is -0.140. The van der Waals surface area contributed by atoms with Crippen molar-refractivity contribution in [3.8, 4) is 5.75 Å². The molecule has 2 aromatic rings. The number of carbonyl (C=O) groups excluding carboxylic acids is 2. The van der Waals surface area contributed by atoms with Gasteiger partial charge in [0.2, 0.25) is 0 Å². The SMILES string of the molecule is COC(=O)CN1C(=S)N(c2ccc(OC)cc2)C(=O)/C1=C/c1ccc(C)cc1. The summed E-state index contributed by atoms with van der Waals surface area (Å²) in [6.45, 7) is 1.84. The van der Waals surface area contributed by atoms with Gasteiger partial charge in [-0.05, 0) is 55.0 Å². The molecule has 1 aliphatic rings. The fraction of sp³-hybridized carbons (Fsp3) is 0.190. The number of hydrogen-bond donors (Lipinski definition) is 0. The van der Waals surface area contributed by atoms with Gasteiger partial charge in [-0.25, -0.2) is 0 Å². The summed E-state index contributed by atoms with van der Waals surface area (Å²) in [5, 5.41) is 0.221. The smallest absolute Gasteiger partial charge is 0.325 e. The number of thiocarbonyl (C=S) groups is 1. The molecule has 0 aromatic heterocycles. The Balaban J connectivity index is 2.01. The second kappa shape index (κ2) is 8.22. The molecule has 0 atom stereocenters. The van der Waals surface area contributed by atoms with E-state index < -0.39 is 5.97 Å². The standard InChI is InChI=1S/C21H20N2O4S/c1-14-4-6-15(7-5-14)12-18-20(25)23(16-8-10-17(26-2)11-9-16)21(28)22(18)13-19(24)27-3/h4-12H,13H2,1-3H3/b18-12-. The van der Waals surface area contributed by atoms with Gasteiger partial charge in [0, 0.05) is 0 Å². The maximum atomic E-state index is 13.2. The van der Waals surface area contributed by atoms with Crippen LogP contribution in [0.2, 0.25) is 0 Å². The Labute approximate surface area is 169 Å². The molecule has 2 aromatic carbocycles. The van der Waals surface area contributed by atoms with E-state index in [1.807, 2.05) is 31.2 Å². The molecular weight excluding hydrogens is 376 g/mol. The number of rotatable bonds is 5. The van der Waals surface area contributed by atoms with Crippen molar-refractivity contribution in [3.63, 3.8) is 0 Å². The number of esters is 1. The summed E-state index contributed by atoms with van der Waals surface area (Å²) in [5.41, 5.74) is 2.86. The van der Waals surface area contributed by atoms with Crippen molar-refractivity contribution in [2.24, 2.45) is 0 Å². The fourth-order valence-corrected chi connectivity index (χ4v) is 3.16. The van der Waals surface area contributed by atoms with Crippen LogP contribution in [0.25, 0.3) is 6.08 Å². The number of aryl methyl sites for hydroxylation is 1. The first-order chi connectivity index (χ1) is 13.4. The second-order valence-electron chi connectivity index (χ2n) is 6.22. The molecule has 28 heavy (non-hydrogen) atoms. The minimum Gasteiger partial charge on any atom is -0.497 e. The van der Waals surface area contributed by atoms with Crippen LogP contribution in [-0.4, -0.2) is 42.7 Å². The normalized spacial score (nSPS) is 15.3. The minimum absolute atomic E-state index is 0.147. The van der Waals surface area contributed by atoms with Gasteiger partial charge in [-0.15, -0.1) is 0 Å². The summed E-state index contributed by atoms with van der Waals surface area (Å²) in [6.07, 6.45) is 1.72. The van der Waals surface area contributed by atoms with Crippen LogP contribution in [0.3, 0.4) is 0 Å². The van der Waals surface area contributed by atoms with Crippen LogP contribution in [0, 0.1) is 6.92 Å². The molecule has 3 rings (SSSR count). The van der Waals surface area contributed by atoms with E-state index in [1.54, 1.807) is 37.5 Å². The zero-order valence-electron chi connectivity index (χ0n) is 15.8. The van der Waals surface area contributed by atoms with E-state index in [2.05, 4.69) is 0 Å². The predicted octanol–water partition coefficient (Wildman–Crippen LogP) is 3.15. The number of hydrogen-bond acceptors (Lipinski definition) is 5. The number of anilines is 1. The molecule has 0 N–H and O–H groups in total. The Hall–Kier alpha value is -3.19. The quantitative estimate of drug-likeness (QED) is 0.440. The van der Waals surface area contributed by atoms with Crippen molar-refractivity contribution in [2.75, 3.05) is 25.7 Å². The average molecular weight is 396 g/mol. The molecule has 0 unspecified atom stereocenters. The fourth-order valence-electron chi connectivity index (χ4n) is 2.81. The van der Waals surface area contributed by atoms with E-state index >= 15 is 0 Å². The molecule has 1 amide bonds. The largest absolute Gasteiger partial charge is 0.497 e. The van der Waals surface area contributed by atoms with Crippen LogP contribution in [-0.2, 0) is 14.3 Å². The Morgan fingerprint density at radius 1 is 1.07 bits per heavy atom. The van der Waals surface area contributed by atoms with Crippen LogP contribution < -0.4 is 9.64 Å². The van der Waals surface area contributed by atoms with Gasteiger partial charge in [-0.1, -0.05) is 29.8 Å². The molecule has 1 heterocycles. The first kappa shape index (κ1) is 19.6. The third-order valence-electron chi connectivity index (χ3n) is 4.36. The number of amides is 1. The van der Waals surface area contributed by atoms with E-state index in [0.717, 1.165) is 11.1 Å². The first-order valence-corrected chi connectivity index (χ1v) is 9.00. The minimum atomic E-state index is -0.485. The van der Waals surface area contributed by atoms with Gasteiger partial charge in [-0.2, -0.15) is 0 Å². The molecule has 0 spiro atoms. The lowest BCUT2D eigenvalue weighted by Crippen LogP contribution is -2.35. The van der Waals surface area contributed by atoms with Crippen molar-refractivity contribution in [1.82, 2.24) is 4.90 Å². The van der Waals surface area contributed by atoms with Gasteiger partial charge < -0.3 is 14.4 Å². The number of carbonyl (C=O) groups is 2. The van der Waals surface area contributed by atoms with Crippen molar-refractivity contribution >= 4 is 41.0 Å². The molecule has 144 valence electrons. The number of ether oxygens (including phenoxy) is 2. The first-order valence-electron chi connectivity index (χ1n) is 8.60. The van der Waals surface area contributed by atoms with E-state index in [4.69, 9.17) is 21.7 Å². The van der Waals surface area contributed by atoms with E-state index in [-0.39, 0.29) is 17.6 Å². The van der Waals surface area contributed by atoms with Crippen molar-refractivity contribution in [1.29, 1.82) is 0 Å². The average Bonchev–Trinajstić information content (AvgIpc) is 2.93. The van der Waals surface area contributed by atoms with Gasteiger partial charge in [0.1, 0.15) is 18.0 Å². The Kier molecular flexibility index (Phi) is 5.75. The van der Waals surface area contributed by atoms with Crippen LogP contribution >= 0.6 is 12.2 Å². The summed E-state index contributed by atoms with van der Waals surface area (Å²) < 4.78 is 9.93. The lowest BCUT2D eigenvalue weighted by Gasteiger charge is -2.19. The van der Waals surface area contributed by atoms with Crippen LogP contribution in [0.5, 0.6) is 5.75 Å². The highest BCUT2D eigenvalue weighted by molar-refractivity contribution is 7.80. The van der Waals surface area contributed by atoms with Gasteiger partial charge in [0.05, 0.1) is 19.9 Å². The molecule has 6 nitrogen and oxygen atoms in total. The van der Waals surface area contributed by atoms with Crippen LogP contribution in [0.15, 0.2) is 54.2 Å². The highest BCUT2D eigenvalue weighted by Crippen LogP contribution is 2.30. The highest BCUT2D eigenvalue weighted by Gasteiger charge is 2.40. The summed E-state index contributed by atoms with van der Waals surface area (Å²) >= 11 is 5.51. The van der Waals surface area contributed by atoms with Crippen LogP contribution in [0.1, 0.15) is 11.1 Å². The highest BCUT2D eigenvalue weighted by atomic mass is 32.1. The molecule has 0 bridgehead atoms. The number of benzene rings is 2. The van der Waals surface area contributed by atoms with Crippen molar-refractivity contribution in [3.05, 3.63) is 65.4 Å². The molecule has 1 fully saturated rings. The molecule has 1 saturated heterocycles. The summed E-state index contributed by atoms with van der Waals surface area (Å²) in [6, 6.07) is 14.7. The Bertz CT molecular complexity index is 936. The van der Waals surface area contributed by atoms with Gasteiger partial charge in [0.15, 0.2) is 5.11 Å². The monoisotopic (exact) mass is 396 g/mol. The molecule has 0 radical (unpaired) electrons. The maximum absolute atomic E-state index is 13.2. The zero-order chi connectivity index (χ0) is 20.3. The third kappa shape index (κ3) is 3.89. The molecular formula is C21H20N2O4S. The van der Waals surface area contributed by atoms with Gasteiger partial charge in [-0.3, -0.25) is 14.5 Å². The Morgan fingerprint density at radius 2 is 1.71 bits per heavy atom. The van der Waals surface area contributed by atoms with Crippen molar-refractivity contribution in [2.45, 2.75) is 6.92 Å². The summed E-state index contributed by atoms with van der Waals surface area (Å²) in [7, 11) is 2.87. The molecule has 0 saturated carbocycles. The summed E-state index contributed by atoms with van der Waals surface area (Å²) in [4.78, 5) is 28.0.